The van der Waals surface area contributed by atoms with E-state index in [1.807, 2.05) is 29.2 Å². The van der Waals surface area contributed by atoms with E-state index in [1.165, 1.54) is 12.8 Å². The van der Waals surface area contributed by atoms with Gasteiger partial charge in [0.1, 0.15) is 11.5 Å². The van der Waals surface area contributed by atoms with Crippen molar-refractivity contribution < 1.29 is 18.7 Å². The summed E-state index contributed by atoms with van der Waals surface area (Å²) in [7, 11) is 1.61. The van der Waals surface area contributed by atoms with Gasteiger partial charge in [-0.05, 0) is 55.2 Å². The molecule has 1 atom stereocenters. The highest BCUT2D eigenvalue weighted by Gasteiger charge is 2.37. The van der Waals surface area contributed by atoms with E-state index < -0.39 is 0 Å². The number of amides is 2. The van der Waals surface area contributed by atoms with Gasteiger partial charge in [0.15, 0.2) is 0 Å². The van der Waals surface area contributed by atoms with Crippen molar-refractivity contribution in [3.8, 4) is 5.75 Å². The molecule has 0 bridgehead atoms. The SMILES string of the molecule is COc1ccc(C(=O)N2CCN(C(C(=O)NCc3ccco3)C3CCCC3)CC2)cc1. The first kappa shape index (κ1) is 21.4. The Morgan fingerprint density at radius 1 is 1.10 bits per heavy atom. The Labute approximate surface area is 183 Å². The van der Waals surface area contributed by atoms with Crippen LogP contribution < -0.4 is 10.1 Å². The van der Waals surface area contributed by atoms with E-state index in [0.717, 1.165) is 24.4 Å². The van der Waals surface area contributed by atoms with Gasteiger partial charge in [0.25, 0.3) is 5.91 Å². The summed E-state index contributed by atoms with van der Waals surface area (Å²) >= 11 is 0. The van der Waals surface area contributed by atoms with Gasteiger partial charge in [-0.15, -0.1) is 0 Å². The van der Waals surface area contributed by atoms with Crippen LogP contribution in [0.1, 0.15) is 41.8 Å². The van der Waals surface area contributed by atoms with Crippen molar-refractivity contribution in [3.05, 3.63) is 54.0 Å². The zero-order chi connectivity index (χ0) is 21.6. The fourth-order valence-corrected chi connectivity index (χ4v) is 4.76. The Morgan fingerprint density at radius 3 is 2.42 bits per heavy atom. The highest BCUT2D eigenvalue weighted by molar-refractivity contribution is 5.94. The van der Waals surface area contributed by atoms with Gasteiger partial charge in [0, 0.05) is 31.7 Å². The molecule has 1 unspecified atom stereocenters. The molecule has 0 spiro atoms. The smallest absolute Gasteiger partial charge is 0.253 e. The van der Waals surface area contributed by atoms with Crippen molar-refractivity contribution in [2.24, 2.45) is 5.92 Å². The van der Waals surface area contributed by atoms with Crippen molar-refractivity contribution in [3.63, 3.8) is 0 Å². The number of nitrogens with one attached hydrogen (secondary N) is 1. The van der Waals surface area contributed by atoms with Gasteiger partial charge in [-0.1, -0.05) is 12.8 Å². The third kappa shape index (κ3) is 5.10. The van der Waals surface area contributed by atoms with E-state index in [0.29, 0.717) is 44.2 Å². The lowest BCUT2D eigenvalue weighted by Crippen LogP contribution is -2.57. The average molecular weight is 426 g/mol. The molecule has 7 heteroatoms. The molecule has 1 saturated heterocycles. The van der Waals surface area contributed by atoms with Crippen LogP contribution in [-0.4, -0.2) is 60.9 Å². The third-order valence-corrected chi connectivity index (χ3v) is 6.46. The summed E-state index contributed by atoms with van der Waals surface area (Å²) in [5.74, 6) is 1.97. The largest absolute Gasteiger partial charge is 0.497 e. The second-order valence-corrected chi connectivity index (χ2v) is 8.34. The zero-order valence-corrected chi connectivity index (χ0v) is 18.1. The summed E-state index contributed by atoms with van der Waals surface area (Å²) in [5, 5.41) is 3.06. The molecule has 1 aliphatic heterocycles. The van der Waals surface area contributed by atoms with Crippen LogP contribution in [0.3, 0.4) is 0 Å². The summed E-state index contributed by atoms with van der Waals surface area (Å²) in [5.41, 5.74) is 0.665. The topological polar surface area (TPSA) is 75.0 Å². The third-order valence-electron chi connectivity index (χ3n) is 6.46. The molecule has 4 rings (SSSR count). The van der Waals surface area contributed by atoms with Gasteiger partial charge in [-0.2, -0.15) is 0 Å². The van der Waals surface area contributed by atoms with Crippen LogP contribution in [0.25, 0.3) is 0 Å². The van der Waals surface area contributed by atoms with Crippen LogP contribution in [-0.2, 0) is 11.3 Å². The molecule has 1 aliphatic carbocycles. The number of hydrogen-bond donors (Lipinski definition) is 1. The zero-order valence-electron chi connectivity index (χ0n) is 18.1. The Kier molecular flexibility index (Phi) is 6.92. The normalized spacial score (nSPS) is 18.7. The molecular weight excluding hydrogens is 394 g/mol. The first-order chi connectivity index (χ1) is 15.2. The number of nitrogens with zero attached hydrogens (tertiary/aromatic N) is 2. The van der Waals surface area contributed by atoms with Gasteiger partial charge in [0.05, 0.1) is 26.0 Å². The maximum atomic E-state index is 13.1. The minimum Gasteiger partial charge on any atom is -0.497 e. The number of carbonyl (C=O) groups excluding carboxylic acids is 2. The fourth-order valence-electron chi connectivity index (χ4n) is 4.76. The van der Waals surface area contributed by atoms with E-state index in [9.17, 15) is 9.59 Å². The average Bonchev–Trinajstić information content (AvgIpc) is 3.53. The van der Waals surface area contributed by atoms with Crippen molar-refractivity contribution in [2.45, 2.75) is 38.3 Å². The second kappa shape index (κ2) is 10.0. The second-order valence-electron chi connectivity index (χ2n) is 8.34. The quantitative estimate of drug-likeness (QED) is 0.738. The molecular formula is C24H31N3O4. The highest BCUT2D eigenvalue weighted by Crippen LogP contribution is 2.31. The molecule has 7 nitrogen and oxygen atoms in total. The van der Waals surface area contributed by atoms with Crippen molar-refractivity contribution in [2.75, 3.05) is 33.3 Å². The molecule has 2 aliphatic rings. The predicted octanol–water partition coefficient (Wildman–Crippen LogP) is 2.92. The molecule has 2 heterocycles. The van der Waals surface area contributed by atoms with Crippen LogP contribution in [0.4, 0.5) is 0 Å². The van der Waals surface area contributed by atoms with E-state index in [-0.39, 0.29) is 17.9 Å². The number of rotatable bonds is 7. The molecule has 2 fully saturated rings. The molecule has 1 aromatic heterocycles. The number of benzene rings is 1. The summed E-state index contributed by atoms with van der Waals surface area (Å²) in [6, 6.07) is 10.8. The molecule has 0 radical (unpaired) electrons. The van der Waals surface area contributed by atoms with Crippen LogP contribution in [0.5, 0.6) is 5.75 Å². The first-order valence-corrected chi connectivity index (χ1v) is 11.1. The molecule has 1 N–H and O–H groups in total. The monoisotopic (exact) mass is 425 g/mol. The highest BCUT2D eigenvalue weighted by atomic mass is 16.5. The standard InChI is InChI=1S/C24H31N3O4/c1-30-20-10-8-19(9-11-20)24(29)27-14-12-26(13-15-27)22(18-5-2-3-6-18)23(28)25-17-21-7-4-16-31-21/h4,7-11,16,18,22H,2-3,5-6,12-15,17H2,1H3,(H,25,28). The van der Waals surface area contributed by atoms with Crippen molar-refractivity contribution in [1.82, 2.24) is 15.1 Å². The van der Waals surface area contributed by atoms with Crippen LogP contribution in [0, 0.1) is 5.92 Å². The lowest BCUT2D eigenvalue weighted by molar-refractivity contribution is -0.129. The summed E-state index contributed by atoms with van der Waals surface area (Å²) in [6.07, 6.45) is 6.16. The van der Waals surface area contributed by atoms with E-state index in [1.54, 1.807) is 25.5 Å². The number of methoxy groups -OCH3 is 1. The van der Waals surface area contributed by atoms with Crippen LogP contribution in [0.15, 0.2) is 47.1 Å². The van der Waals surface area contributed by atoms with Crippen LogP contribution >= 0.6 is 0 Å². The molecule has 166 valence electrons. The lowest BCUT2D eigenvalue weighted by atomic mass is 9.95. The first-order valence-electron chi connectivity index (χ1n) is 11.1. The Bertz CT molecular complexity index is 851. The van der Waals surface area contributed by atoms with Crippen molar-refractivity contribution >= 4 is 11.8 Å². The molecule has 2 amide bonds. The van der Waals surface area contributed by atoms with Crippen LogP contribution in [0.2, 0.25) is 0 Å². The van der Waals surface area contributed by atoms with Gasteiger partial charge >= 0.3 is 0 Å². The number of carbonyl (C=O) groups is 2. The van der Waals surface area contributed by atoms with Gasteiger partial charge in [-0.25, -0.2) is 0 Å². The summed E-state index contributed by atoms with van der Waals surface area (Å²) in [4.78, 5) is 30.2. The molecule has 2 aromatic rings. The van der Waals surface area contributed by atoms with Gasteiger partial charge in [-0.3, -0.25) is 14.5 Å². The number of hydrogen-bond acceptors (Lipinski definition) is 5. The number of furan rings is 1. The number of ether oxygens (including phenoxy) is 1. The van der Waals surface area contributed by atoms with Gasteiger partial charge in [0.2, 0.25) is 5.91 Å². The summed E-state index contributed by atoms with van der Waals surface area (Å²) < 4.78 is 10.5. The minimum absolute atomic E-state index is 0.0296. The van der Waals surface area contributed by atoms with Crippen molar-refractivity contribution in [1.29, 1.82) is 0 Å². The number of piperazine rings is 1. The molecule has 1 saturated carbocycles. The maximum Gasteiger partial charge on any atom is 0.253 e. The van der Waals surface area contributed by atoms with E-state index >= 15 is 0 Å². The Balaban J connectivity index is 1.37. The van der Waals surface area contributed by atoms with E-state index in [2.05, 4.69) is 10.2 Å². The molecule has 1 aromatic carbocycles. The summed E-state index contributed by atoms with van der Waals surface area (Å²) in [6.45, 7) is 3.07. The molecule has 31 heavy (non-hydrogen) atoms. The lowest BCUT2D eigenvalue weighted by Gasteiger charge is -2.40. The maximum absolute atomic E-state index is 13.1. The Hall–Kier alpha value is -2.80. The minimum atomic E-state index is -0.143. The fraction of sp³-hybridized carbons (Fsp3) is 0.500. The predicted molar refractivity (Wildman–Crippen MR) is 117 cm³/mol. The van der Waals surface area contributed by atoms with Gasteiger partial charge < -0.3 is 19.4 Å². The van der Waals surface area contributed by atoms with E-state index in [4.69, 9.17) is 9.15 Å². The Morgan fingerprint density at radius 2 is 1.81 bits per heavy atom.